The molecule has 0 aliphatic heterocycles. The van der Waals surface area contributed by atoms with Crippen molar-refractivity contribution in [2.75, 3.05) is 0 Å². The lowest BCUT2D eigenvalue weighted by atomic mass is 9.91. The normalized spacial score (nSPS) is 10.6. The van der Waals surface area contributed by atoms with Crippen LogP contribution in [0.25, 0.3) is 11.1 Å². The van der Waals surface area contributed by atoms with Crippen molar-refractivity contribution in [2.24, 2.45) is 0 Å². The van der Waals surface area contributed by atoms with Crippen molar-refractivity contribution in [2.45, 2.75) is 26.7 Å². The average molecular weight is 242 g/mol. The Hall–Kier alpha value is -1.96. The van der Waals surface area contributed by atoms with Gasteiger partial charge in [-0.2, -0.15) is 0 Å². The van der Waals surface area contributed by atoms with Gasteiger partial charge in [0.15, 0.2) is 0 Å². The van der Waals surface area contributed by atoms with E-state index >= 15 is 0 Å². The summed E-state index contributed by atoms with van der Waals surface area (Å²) in [7, 11) is 0. The minimum atomic E-state index is 0.268. The number of phenols is 2. The highest BCUT2D eigenvalue weighted by Gasteiger charge is 2.11. The van der Waals surface area contributed by atoms with Crippen molar-refractivity contribution < 1.29 is 10.2 Å². The summed E-state index contributed by atoms with van der Waals surface area (Å²) in [4.78, 5) is 0. The third-order valence-corrected chi connectivity index (χ3v) is 3.18. The first kappa shape index (κ1) is 12.5. The van der Waals surface area contributed by atoms with Crippen molar-refractivity contribution in [1.82, 2.24) is 0 Å². The van der Waals surface area contributed by atoms with E-state index in [9.17, 15) is 10.2 Å². The molecule has 0 heterocycles. The number of aryl methyl sites for hydroxylation is 2. The molecule has 2 heteroatoms. The average Bonchev–Trinajstić information content (AvgIpc) is 2.37. The molecule has 18 heavy (non-hydrogen) atoms. The van der Waals surface area contributed by atoms with Crippen LogP contribution in [0.4, 0.5) is 0 Å². The zero-order valence-electron chi connectivity index (χ0n) is 10.8. The first-order valence-corrected chi connectivity index (χ1v) is 6.29. The second-order valence-corrected chi connectivity index (χ2v) is 4.40. The fourth-order valence-electron chi connectivity index (χ4n) is 2.34. The number of rotatable bonds is 3. The van der Waals surface area contributed by atoms with Gasteiger partial charge < -0.3 is 10.2 Å². The molecule has 94 valence electrons. The molecule has 0 saturated heterocycles. The SMILES string of the molecule is CCc1cc(O)cc(CC)c1-c1cccc(O)c1. The smallest absolute Gasteiger partial charge is 0.116 e. The van der Waals surface area contributed by atoms with E-state index in [4.69, 9.17) is 0 Å². The fraction of sp³-hybridized carbons (Fsp3) is 0.250. The Morgan fingerprint density at radius 3 is 1.94 bits per heavy atom. The van der Waals surface area contributed by atoms with Crippen LogP contribution in [-0.2, 0) is 12.8 Å². The Kier molecular flexibility index (Phi) is 3.56. The van der Waals surface area contributed by atoms with Gasteiger partial charge in [-0.1, -0.05) is 26.0 Å². The summed E-state index contributed by atoms with van der Waals surface area (Å²) < 4.78 is 0. The van der Waals surface area contributed by atoms with Gasteiger partial charge in [0.05, 0.1) is 0 Å². The standard InChI is InChI=1S/C16H18O2/c1-3-11-8-15(18)9-12(4-2)16(11)13-6-5-7-14(17)10-13/h5-10,17-18H,3-4H2,1-2H3. The van der Waals surface area contributed by atoms with E-state index in [1.165, 1.54) is 0 Å². The van der Waals surface area contributed by atoms with E-state index in [1.807, 2.05) is 12.1 Å². The summed E-state index contributed by atoms with van der Waals surface area (Å²) in [6, 6.07) is 10.9. The Labute approximate surface area is 108 Å². The minimum Gasteiger partial charge on any atom is -0.508 e. The molecule has 0 atom stereocenters. The second-order valence-electron chi connectivity index (χ2n) is 4.40. The number of phenolic OH excluding ortho intramolecular Hbond substituents is 2. The molecule has 0 aliphatic carbocycles. The predicted molar refractivity (Wildman–Crippen MR) is 74.0 cm³/mol. The zero-order valence-corrected chi connectivity index (χ0v) is 10.8. The van der Waals surface area contributed by atoms with Gasteiger partial charge >= 0.3 is 0 Å². The monoisotopic (exact) mass is 242 g/mol. The highest BCUT2D eigenvalue weighted by Crippen LogP contribution is 2.33. The molecule has 0 amide bonds. The molecule has 0 fully saturated rings. The summed E-state index contributed by atoms with van der Waals surface area (Å²) in [5, 5.41) is 19.3. The maximum atomic E-state index is 9.73. The first-order chi connectivity index (χ1) is 8.65. The molecule has 0 aromatic heterocycles. The van der Waals surface area contributed by atoms with Crippen LogP contribution in [0.3, 0.4) is 0 Å². The highest BCUT2D eigenvalue weighted by atomic mass is 16.3. The van der Waals surface area contributed by atoms with Crippen molar-refractivity contribution in [3.8, 4) is 22.6 Å². The summed E-state index contributed by atoms with van der Waals surface area (Å²) in [6.07, 6.45) is 1.71. The molecule has 0 bridgehead atoms. The van der Waals surface area contributed by atoms with Gasteiger partial charge in [0.2, 0.25) is 0 Å². The van der Waals surface area contributed by atoms with Gasteiger partial charge in [0, 0.05) is 0 Å². The van der Waals surface area contributed by atoms with Crippen LogP contribution in [0.2, 0.25) is 0 Å². The second kappa shape index (κ2) is 5.13. The van der Waals surface area contributed by atoms with Crippen LogP contribution in [-0.4, -0.2) is 10.2 Å². The van der Waals surface area contributed by atoms with Crippen LogP contribution in [0.1, 0.15) is 25.0 Å². The molecule has 0 unspecified atom stereocenters. The zero-order chi connectivity index (χ0) is 13.1. The van der Waals surface area contributed by atoms with Crippen molar-refractivity contribution >= 4 is 0 Å². The quantitative estimate of drug-likeness (QED) is 0.857. The summed E-state index contributed by atoms with van der Waals surface area (Å²) in [5.74, 6) is 0.581. The van der Waals surface area contributed by atoms with E-state index in [1.54, 1.807) is 24.3 Å². The third-order valence-electron chi connectivity index (χ3n) is 3.18. The summed E-state index contributed by atoms with van der Waals surface area (Å²) in [5.41, 5.74) is 4.35. The van der Waals surface area contributed by atoms with E-state index in [2.05, 4.69) is 13.8 Å². The molecular formula is C16H18O2. The van der Waals surface area contributed by atoms with Gasteiger partial charge in [-0.25, -0.2) is 0 Å². The fourth-order valence-corrected chi connectivity index (χ4v) is 2.34. The van der Waals surface area contributed by atoms with Crippen molar-refractivity contribution in [3.05, 3.63) is 47.5 Å². The summed E-state index contributed by atoms with van der Waals surface area (Å²) in [6.45, 7) is 4.14. The predicted octanol–water partition coefficient (Wildman–Crippen LogP) is 3.89. The van der Waals surface area contributed by atoms with Crippen LogP contribution < -0.4 is 0 Å². The summed E-state index contributed by atoms with van der Waals surface area (Å²) >= 11 is 0. The number of benzene rings is 2. The Bertz CT molecular complexity index is 534. The van der Waals surface area contributed by atoms with Gasteiger partial charge in [-0.3, -0.25) is 0 Å². The molecular weight excluding hydrogens is 224 g/mol. The van der Waals surface area contributed by atoms with Gasteiger partial charge in [0.25, 0.3) is 0 Å². The van der Waals surface area contributed by atoms with Crippen molar-refractivity contribution in [3.63, 3.8) is 0 Å². The lowest BCUT2D eigenvalue weighted by molar-refractivity contribution is 0.474. The van der Waals surface area contributed by atoms with Crippen molar-refractivity contribution in [1.29, 1.82) is 0 Å². The molecule has 2 N–H and O–H groups in total. The molecule has 0 saturated carbocycles. The lowest BCUT2D eigenvalue weighted by Crippen LogP contribution is -1.94. The third kappa shape index (κ3) is 2.33. The topological polar surface area (TPSA) is 40.5 Å². The van der Waals surface area contributed by atoms with Gasteiger partial charge in [-0.05, 0) is 59.4 Å². The molecule has 2 nitrogen and oxygen atoms in total. The van der Waals surface area contributed by atoms with E-state index in [-0.39, 0.29) is 5.75 Å². The molecule has 0 aliphatic rings. The van der Waals surface area contributed by atoms with Crippen LogP contribution >= 0.6 is 0 Å². The molecule has 0 spiro atoms. The van der Waals surface area contributed by atoms with E-state index < -0.39 is 0 Å². The Balaban J connectivity index is 2.68. The lowest BCUT2D eigenvalue weighted by Gasteiger charge is -2.14. The maximum absolute atomic E-state index is 9.73. The first-order valence-electron chi connectivity index (χ1n) is 6.29. The van der Waals surface area contributed by atoms with E-state index in [0.717, 1.165) is 35.1 Å². The van der Waals surface area contributed by atoms with Gasteiger partial charge in [0.1, 0.15) is 11.5 Å². The van der Waals surface area contributed by atoms with Crippen LogP contribution in [0, 0.1) is 0 Å². The molecule has 2 rings (SSSR count). The number of hydrogen-bond acceptors (Lipinski definition) is 2. The minimum absolute atomic E-state index is 0.268. The van der Waals surface area contributed by atoms with Gasteiger partial charge in [-0.15, -0.1) is 0 Å². The molecule has 0 radical (unpaired) electrons. The maximum Gasteiger partial charge on any atom is 0.116 e. The van der Waals surface area contributed by atoms with Crippen LogP contribution in [0.5, 0.6) is 11.5 Å². The number of aromatic hydroxyl groups is 2. The van der Waals surface area contributed by atoms with Crippen LogP contribution in [0.15, 0.2) is 36.4 Å². The molecule has 2 aromatic rings. The number of hydrogen-bond donors (Lipinski definition) is 2. The highest BCUT2D eigenvalue weighted by molar-refractivity contribution is 5.73. The Morgan fingerprint density at radius 2 is 1.44 bits per heavy atom. The van der Waals surface area contributed by atoms with E-state index in [0.29, 0.717) is 5.75 Å². The molecule has 2 aromatic carbocycles. The largest absolute Gasteiger partial charge is 0.508 e. The Morgan fingerprint density at radius 1 is 0.833 bits per heavy atom.